The molecule has 26 heavy (non-hydrogen) atoms. The number of halogens is 1. The van der Waals surface area contributed by atoms with Crippen molar-refractivity contribution in [3.63, 3.8) is 0 Å². The van der Waals surface area contributed by atoms with Gasteiger partial charge >= 0.3 is 0 Å². The molecule has 1 aliphatic carbocycles. The Balaban J connectivity index is 1.80. The predicted molar refractivity (Wildman–Crippen MR) is 101 cm³/mol. The molecular formula is C20H17ClN2O3. The lowest BCUT2D eigenvalue weighted by Gasteiger charge is -2.38. The van der Waals surface area contributed by atoms with Crippen LogP contribution in [0.4, 0.5) is 11.4 Å². The van der Waals surface area contributed by atoms with Crippen LogP contribution in [-0.4, -0.2) is 10.7 Å². The van der Waals surface area contributed by atoms with Crippen LogP contribution >= 0.6 is 11.6 Å². The molecule has 0 saturated carbocycles. The number of carbonyl (C=O) groups excluding carboxylic acids is 1. The Kier molecular flexibility index (Phi) is 4.04. The van der Waals surface area contributed by atoms with E-state index in [1.807, 2.05) is 12.1 Å². The van der Waals surface area contributed by atoms with Gasteiger partial charge in [-0.1, -0.05) is 23.8 Å². The van der Waals surface area contributed by atoms with E-state index in [2.05, 4.69) is 17.5 Å². The molecule has 4 rings (SSSR count). The number of nitro groups is 1. The highest BCUT2D eigenvalue weighted by atomic mass is 35.5. The van der Waals surface area contributed by atoms with Crippen LogP contribution in [0.1, 0.15) is 46.8 Å². The van der Waals surface area contributed by atoms with Crippen molar-refractivity contribution in [1.29, 1.82) is 0 Å². The number of nitro benzene ring substituents is 1. The van der Waals surface area contributed by atoms with Gasteiger partial charge in [0, 0.05) is 39.9 Å². The number of benzene rings is 2. The fourth-order valence-corrected chi connectivity index (χ4v) is 4.24. The number of fused-ring (bicyclic) bond motifs is 3. The summed E-state index contributed by atoms with van der Waals surface area (Å²) in [6.07, 6.45) is 5.14. The second kappa shape index (κ2) is 6.25. The third-order valence-corrected chi connectivity index (χ3v) is 5.64. The van der Waals surface area contributed by atoms with Crippen molar-refractivity contribution in [2.45, 2.75) is 25.3 Å². The molecule has 0 aromatic heterocycles. The van der Waals surface area contributed by atoms with Gasteiger partial charge in [0.1, 0.15) is 0 Å². The number of Topliss-reactive ketones (excluding diaryl/α,β-unsaturated/α-hetero) is 1. The number of carbonyl (C=O) groups is 1. The number of hydrogen-bond donors (Lipinski definition) is 1. The maximum absolute atomic E-state index is 11.7. The maximum Gasteiger partial charge on any atom is 0.269 e. The van der Waals surface area contributed by atoms with Crippen LogP contribution in [0.25, 0.3) is 0 Å². The summed E-state index contributed by atoms with van der Waals surface area (Å²) in [7, 11) is 0. The molecule has 3 atom stereocenters. The summed E-state index contributed by atoms with van der Waals surface area (Å²) >= 11 is 6.39. The van der Waals surface area contributed by atoms with E-state index in [4.69, 9.17) is 11.6 Å². The largest absolute Gasteiger partial charge is 0.378 e. The molecule has 0 spiro atoms. The first-order chi connectivity index (χ1) is 12.5. The number of ketones is 1. The van der Waals surface area contributed by atoms with E-state index >= 15 is 0 Å². The molecule has 2 aromatic rings. The standard InChI is InChI=1S/C20H17ClN2O3/c1-11(24)12-5-8-19-16(9-12)14-3-2-4-15(14)20(22-19)17-10-13(23(25)26)6-7-18(17)21/h2-3,5-10,14-15,20,22H,4H2,1H3/t14-,15-,20+/m1/s1. The zero-order valence-electron chi connectivity index (χ0n) is 14.1. The summed E-state index contributed by atoms with van der Waals surface area (Å²) in [4.78, 5) is 22.5. The number of nitrogens with zero attached hydrogens (tertiary/aromatic N) is 1. The first-order valence-corrected chi connectivity index (χ1v) is 8.85. The minimum atomic E-state index is -0.403. The monoisotopic (exact) mass is 368 g/mol. The third-order valence-electron chi connectivity index (χ3n) is 5.29. The lowest BCUT2D eigenvalue weighted by atomic mass is 9.76. The van der Waals surface area contributed by atoms with E-state index in [1.165, 1.54) is 6.07 Å². The Hall–Kier alpha value is -2.66. The number of hydrogen-bond acceptors (Lipinski definition) is 4. The van der Waals surface area contributed by atoms with Gasteiger partial charge in [-0.15, -0.1) is 0 Å². The molecule has 0 amide bonds. The number of non-ortho nitro benzene ring substituents is 1. The van der Waals surface area contributed by atoms with Crippen LogP contribution in [0.15, 0.2) is 48.6 Å². The van der Waals surface area contributed by atoms with Crippen molar-refractivity contribution in [3.8, 4) is 0 Å². The molecule has 1 N–H and O–H groups in total. The summed E-state index contributed by atoms with van der Waals surface area (Å²) < 4.78 is 0. The molecule has 0 radical (unpaired) electrons. The topological polar surface area (TPSA) is 72.2 Å². The van der Waals surface area contributed by atoms with E-state index in [0.717, 1.165) is 23.2 Å². The fourth-order valence-electron chi connectivity index (χ4n) is 4.00. The third kappa shape index (κ3) is 2.69. The number of allylic oxidation sites excluding steroid dienone is 2. The van der Waals surface area contributed by atoms with Gasteiger partial charge in [0.25, 0.3) is 5.69 Å². The minimum Gasteiger partial charge on any atom is -0.378 e. The minimum absolute atomic E-state index is 0.0337. The van der Waals surface area contributed by atoms with Gasteiger partial charge < -0.3 is 5.32 Å². The lowest BCUT2D eigenvalue weighted by molar-refractivity contribution is -0.384. The summed E-state index contributed by atoms with van der Waals surface area (Å²) in [5, 5.41) is 15.2. The first kappa shape index (κ1) is 16.8. The molecule has 1 heterocycles. The summed E-state index contributed by atoms with van der Waals surface area (Å²) in [5.41, 5.74) is 3.49. The average Bonchev–Trinajstić information content (AvgIpc) is 3.11. The molecule has 0 unspecified atom stereocenters. The average molecular weight is 369 g/mol. The van der Waals surface area contributed by atoms with Crippen molar-refractivity contribution in [3.05, 3.63) is 80.4 Å². The molecule has 0 saturated heterocycles. The van der Waals surface area contributed by atoms with Crippen LogP contribution in [-0.2, 0) is 0 Å². The van der Waals surface area contributed by atoms with Crippen LogP contribution in [0.2, 0.25) is 5.02 Å². The van der Waals surface area contributed by atoms with Crippen molar-refractivity contribution in [1.82, 2.24) is 0 Å². The van der Waals surface area contributed by atoms with E-state index in [1.54, 1.807) is 25.1 Å². The normalized spacial score (nSPS) is 23.1. The number of nitrogens with one attached hydrogen (secondary N) is 1. The lowest BCUT2D eigenvalue weighted by Crippen LogP contribution is -2.29. The summed E-state index contributed by atoms with van der Waals surface area (Å²) in [6, 6.07) is 10.1. The zero-order valence-corrected chi connectivity index (χ0v) is 14.9. The first-order valence-electron chi connectivity index (χ1n) is 8.47. The molecule has 0 bridgehead atoms. The molecule has 1 aliphatic heterocycles. The van der Waals surface area contributed by atoms with Crippen molar-refractivity contribution in [2.75, 3.05) is 5.32 Å². The Morgan fingerprint density at radius 2 is 2.04 bits per heavy atom. The van der Waals surface area contributed by atoms with E-state index in [0.29, 0.717) is 10.6 Å². The Labute approximate surface area is 155 Å². The van der Waals surface area contributed by atoms with E-state index in [9.17, 15) is 14.9 Å². The summed E-state index contributed by atoms with van der Waals surface area (Å²) in [5.74, 6) is 0.394. The highest BCUT2D eigenvalue weighted by Gasteiger charge is 2.39. The van der Waals surface area contributed by atoms with Gasteiger partial charge in [0.2, 0.25) is 0 Å². The van der Waals surface area contributed by atoms with Gasteiger partial charge in [-0.05, 0) is 49.1 Å². The van der Waals surface area contributed by atoms with Crippen LogP contribution in [0.5, 0.6) is 0 Å². The molecular weight excluding hydrogens is 352 g/mol. The molecule has 2 aromatic carbocycles. The SMILES string of the molecule is CC(=O)c1ccc2c(c1)[C@@H]1C=CC[C@H]1[C@@H](c1cc([N+](=O)[O-])ccc1Cl)N2. The van der Waals surface area contributed by atoms with Crippen LogP contribution in [0, 0.1) is 16.0 Å². The molecule has 132 valence electrons. The Morgan fingerprint density at radius 1 is 1.23 bits per heavy atom. The molecule has 5 nitrogen and oxygen atoms in total. The van der Waals surface area contributed by atoms with Crippen LogP contribution in [0.3, 0.4) is 0 Å². The van der Waals surface area contributed by atoms with Gasteiger partial charge in [-0.3, -0.25) is 14.9 Å². The van der Waals surface area contributed by atoms with Gasteiger partial charge in [0.05, 0.1) is 11.0 Å². The Bertz CT molecular complexity index is 954. The number of rotatable bonds is 3. The molecule has 0 fully saturated rings. The Morgan fingerprint density at radius 3 is 2.77 bits per heavy atom. The number of anilines is 1. The molecule has 6 heteroatoms. The van der Waals surface area contributed by atoms with E-state index in [-0.39, 0.29) is 29.3 Å². The zero-order chi connectivity index (χ0) is 18.4. The van der Waals surface area contributed by atoms with Crippen molar-refractivity contribution < 1.29 is 9.72 Å². The van der Waals surface area contributed by atoms with Crippen LogP contribution < -0.4 is 5.32 Å². The fraction of sp³-hybridized carbons (Fsp3) is 0.250. The predicted octanol–water partition coefficient (Wildman–Crippen LogP) is 5.28. The van der Waals surface area contributed by atoms with Crippen molar-refractivity contribution >= 4 is 28.8 Å². The van der Waals surface area contributed by atoms with E-state index < -0.39 is 4.92 Å². The van der Waals surface area contributed by atoms with Gasteiger partial charge in [0.15, 0.2) is 5.78 Å². The van der Waals surface area contributed by atoms with Crippen molar-refractivity contribution in [2.24, 2.45) is 5.92 Å². The smallest absolute Gasteiger partial charge is 0.269 e. The van der Waals surface area contributed by atoms with Gasteiger partial charge in [-0.2, -0.15) is 0 Å². The maximum atomic E-state index is 11.7. The second-order valence-electron chi connectivity index (χ2n) is 6.80. The summed E-state index contributed by atoms with van der Waals surface area (Å²) in [6.45, 7) is 1.56. The second-order valence-corrected chi connectivity index (χ2v) is 7.20. The molecule has 2 aliphatic rings. The highest BCUT2D eigenvalue weighted by molar-refractivity contribution is 6.31. The quantitative estimate of drug-likeness (QED) is 0.346. The van der Waals surface area contributed by atoms with Gasteiger partial charge in [-0.25, -0.2) is 0 Å². The highest BCUT2D eigenvalue weighted by Crippen LogP contribution is 2.51.